The second-order valence-corrected chi connectivity index (χ2v) is 6.41. The van der Waals surface area contributed by atoms with Crippen molar-refractivity contribution in [1.29, 1.82) is 0 Å². The number of amides is 1. The molecule has 0 aliphatic rings. The highest BCUT2D eigenvalue weighted by molar-refractivity contribution is 7.92. The van der Waals surface area contributed by atoms with E-state index >= 15 is 0 Å². The topological polar surface area (TPSA) is 63.2 Å². The lowest BCUT2D eigenvalue weighted by atomic mass is 10.1. The predicted octanol–water partition coefficient (Wildman–Crippen LogP) is 2.44. The molecule has 1 aromatic carbocycles. The molecular weight excluding hydrogens is 307 g/mol. The summed E-state index contributed by atoms with van der Waals surface area (Å²) in [4.78, 5) is 10.7. The SMILES string of the molecule is CCCCNC(=O)Cc1ccc(S(=O)(=O)C(F)(F)F)cc1. The maximum absolute atomic E-state index is 12.4. The van der Waals surface area contributed by atoms with Gasteiger partial charge in [0.15, 0.2) is 0 Å². The van der Waals surface area contributed by atoms with Gasteiger partial charge in [-0.15, -0.1) is 0 Å². The predicted molar refractivity (Wildman–Crippen MR) is 71.3 cm³/mol. The number of alkyl halides is 3. The first-order valence-electron chi connectivity index (χ1n) is 6.35. The molecule has 0 aliphatic carbocycles. The third-order valence-electron chi connectivity index (χ3n) is 2.76. The van der Waals surface area contributed by atoms with Crippen LogP contribution in [0.15, 0.2) is 29.2 Å². The van der Waals surface area contributed by atoms with Crippen LogP contribution in [0.25, 0.3) is 0 Å². The van der Waals surface area contributed by atoms with Gasteiger partial charge >= 0.3 is 5.51 Å². The molecule has 1 N–H and O–H groups in total. The van der Waals surface area contributed by atoms with Gasteiger partial charge in [-0.3, -0.25) is 4.79 Å². The summed E-state index contributed by atoms with van der Waals surface area (Å²) < 4.78 is 59.4. The summed E-state index contributed by atoms with van der Waals surface area (Å²) in [7, 11) is -5.34. The van der Waals surface area contributed by atoms with Gasteiger partial charge in [0.1, 0.15) is 0 Å². The zero-order valence-corrected chi connectivity index (χ0v) is 12.2. The standard InChI is InChI=1S/C13H16F3NO3S/c1-2-3-8-17-12(18)9-10-4-6-11(7-5-10)21(19,20)13(14,15)16/h4-7H,2-3,8-9H2,1H3,(H,17,18). The Labute approximate surface area is 121 Å². The van der Waals surface area contributed by atoms with Crippen LogP contribution in [0, 0.1) is 0 Å². The fraction of sp³-hybridized carbons (Fsp3) is 0.462. The fourth-order valence-corrected chi connectivity index (χ4v) is 2.33. The Hall–Kier alpha value is -1.57. The monoisotopic (exact) mass is 323 g/mol. The molecule has 0 aliphatic heterocycles. The summed E-state index contributed by atoms with van der Waals surface area (Å²) in [6, 6.07) is 4.13. The van der Waals surface area contributed by atoms with Gasteiger partial charge < -0.3 is 5.32 Å². The number of halogens is 3. The van der Waals surface area contributed by atoms with Crippen molar-refractivity contribution in [2.24, 2.45) is 0 Å². The van der Waals surface area contributed by atoms with Crippen LogP contribution in [0.3, 0.4) is 0 Å². The first-order valence-corrected chi connectivity index (χ1v) is 7.83. The maximum Gasteiger partial charge on any atom is 0.501 e. The summed E-state index contributed by atoms with van der Waals surface area (Å²) in [5.74, 6) is -0.255. The van der Waals surface area contributed by atoms with E-state index in [0.717, 1.165) is 25.0 Å². The lowest BCUT2D eigenvalue weighted by molar-refractivity contribution is -0.120. The summed E-state index contributed by atoms with van der Waals surface area (Å²) >= 11 is 0. The average Bonchev–Trinajstić information content (AvgIpc) is 2.38. The Morgan fingerprint density at radius 1 is 1.19 bits per heavy atom. The van der Waals surface area contributed by atoms with Crippen LogP contribution in [0.2, 0.25) is 0 Å². The van der Waals surface area contributed by atoms with E-state index in [1.807, 2.05) is 6.92 Å². The molecule has 0 spiro atoms. The zero-order chi connectivity index (χ0) is 16.1. The van der Waals surface area contributed by atoms with Crippen molar-refractivity contribution < 1.29 is 26.4 Å². The second kappa shape index (κ2) is 6.93. The van der Waals surface area contributed by atoms with Gasteiger partial charge in [-0.1, -0.05) is 25.5 Å². The Bertz CT molecular complexity index is 580. The fourth-order valence-electron chi connectivity index (χ4n) is 1.57. The van der Waals surface area contributed by atoms with Crippen LogP contribution < -0.4 is 5.32 Å². The minimum atomic E-state index is -5.34. The number of unbranched alkanes of at least 4 members (excludes halogenated alkanes) is 1. The molecule has 118 valence electrons. The number of hydrogen-bond acceptors (Lipinski definition) is 3. The molecule has 0 saturated heterocycles. The molecule has 21 heavy (non-hydrogen) atoms. The Balaban J connectivity index is 2.73. The van der Waals surface area contributed by atoms with Gasteiger partial charge in [-0.05, 0) is 24.1 Å². The third-order valence-corrected chi connectivity index (χ3v) is 4.26. The highest BCUT2D eigenvalue weighted by Crippen LogP contribution is 2.30. The minimum Gasteiger partial charge on any atom is -0.356 e. The van der Waals surface area contributed by atoms with E-state index in [4.69, 9.17) is 0 Å². The van der Waals surface area contributed by atoms with E-state index in [-0.39, 0.29) is 12.3 Å². The summed E-state index contributed by atoms with van der Waals surface area (Å²) in [5.41, 5.74) is -4.88. The van der Waals surface area contributed by atoms with Crippen molar-refractivity contribution in [3.8, 4) is 0 Å². The summed E-state index contributed by atoms with van der Waals surface area (Å²) in [6.45, 7) is 2.52. The van der Waals surface area contributed by atoms with Gasteiger partial charge in [0.25, 0.3) is 9.84 Å². The molecule has 0 bridgehead atoms. The highest BCUT2D eigenvalue weighted by Gasteiger charge is 2.46. The van der Waals surface area contributed by atoms with Crippen molar-refractivity contribution in [3.05, 3.63) is 29.8 Å². The molecule has 0 aromatic heterocycles. The first kappa shape index (κ1) is 17.5. The maximum atomic E-state index is 12.4. The van der Waals surface area contributed by atoms with Crippen LogP contribution in [-0.2, 0) is 21.1 Å². The Morgan fingerprint density at radius 2 is 1.76 bits per heavy atom. The van der Waals surface area contributed by atoms with Gasteiger partial charge in [0.05, 0.1) is 11.3 Å². The first-order chi connectivity index (χ1) is 9.68. The van der Waals surface area contributed by atoms with Gasteiger partial charge in [0, 0.05) is 6.54 Å². The van der Waals surface area contributed by atoms with Crippen molar-refractivity contribution >= 4 is 15.7 Å². The van der Waals surface area contributed by atoms with Crippen LogP contribution in [0.5, 0.6) is 0 Å². The minimum absolute atomic E-state index is 0.00391. The van der Waals surface area contributed by atoms with Crippen molar-refractivity contribution in [1.82, 2.24) is 5.32 Å². The largest absolute Gasteiger partial charge is 0.501 e. The summed E-state index contributed by atoms with van der Waals surface area (Å²) in [6.07, 6.45) is 1.77. The van der Waals surface area contributed by atoms with Crippen molar-refractivity contribution in [2.75, 3.05) is 6.54 Å². The van der Waals surface area contributed by atoms with Gasteiger partial charge in [-0.25, -0.2) is 8.42 Å². The zero-order valence-electron chi connectivity index (χ0n) is 11.4. The van der Waals surface area contributed by atoms with Crippen LogP contribution in [0.1, 0.15) is 25.3 Å². The lowest BCUT2D eigenvalue weighted by Gasteiger charge is -2.09. The Kier molecular flexibility index (Phi) is 5.77. The third kappa shape index (κ3) is 4.73. The Morgan fingerprint density at radius 3 is 2.24 bits per heavy atom. The number of carbonyl (C=O) groups is 1. The quantitative estimate of drug-likeness (QED) is 0.818. The number of rotatable bonds is 6. The molecule has 0 fully saturated rings. The molecule has 1 amide bonds. The molecule has 0 heterocycles. The molecular formula is C13H16F3NO3S. The molecule has 4 nitrogen and oxygen atoms in total. The van der Waals surface area contributed by atoms with Gasteiger partial charge in [0.2, 0.25) is 5.91 Å². The van der Waals surface area contributed by atoms with E-state index in [0.29, 0.717) is 12.1 Å². The number of nitrogens with one attached hydrogen (secondary N) is 1. The molecule has 8 heteroatoms. The van der Waals surface area contributed by atoms with E-state index in [1.54, 1.807) is 0 Å². The number of sulfone groups is 1. The molecule has 0 unspecified atom stereocenters. The van der Waals surface area contributed by atoms with Crippen LogP contribution in [-0.4, -0.2) is 26.4 Å². The van der Waals surface area contributed by atoms with Crippen molar-refractivity contribution in [3.63, 3.8) is 0 Å². The van der Waals surface area contributed by atoms with Crippen molar-refractivity contribution in [2.45, 2.75) is 36.6 Å². The lowest BCUT2D eigenvalue weighted by Crippen LogP contribution is -2.26. The van der Waals surface area contributed by atoms with E-state index < -0.39 is 20.2 Å². The summed E-state index contributed by atoms with van der Waals surface area (Å²) in [5, 5.41) is 2.66. The highest BCUT2D eigenvalue weighted by atomic mass is 32.2. The average molecular weight is 323 g/mol. The molecule has 0 saturated carbocycles. The second-order valence-electron chi connectivity index (χ2n) is 4.47. The van der Waals surface area contributed by atoms with Crippen LogP contribution >= 0.6 is 0 Å². The normalized spacial score (nSPS) is 12.2. The smallest absolute Gasteiger partial charge is 0.356 e. The van der Waals surface area contributed by atoms with E-state index in [1.165, 1.54) is 12.1 Å². The van der Waals surface area contributed by atoms with Crippen LogP contribution in [0.4, 0.5) is 13.2 Å². The number of hydrogen-bond donors (Lipinski definition) is 1. The van der Waals surface area contributed by atoms with Gasteiger partial charge in [-0.2, -0.15) is 13.2 Å². The van der Waals surface area contributed by atoms with E-state index in [2.05, 4.69) is 5.32 Å². The molecule has 0 radical (unpaired) electrons. The molecule has 1 aromatic rings. The number of benzene rings is 1. The molecule has 1 rings (SSSR count). The number of carbonyl (C=O) groups excluding carboxylic acids is 1. The van der Waals surface area contributed by atoms with E-state index in [9.17, 15) is 26.4 Å². The molecule has 0 atom stereocenters.